The molecule has 9 aromatic carbocycles. The minimum atomic E-state index is -0.289. The number of fused-ring (bicyclic) bond motifs is 12. The van der Waals surface area contributed by atoms with Crippen LogP contribution in [0, 0.1) is 5.41 Å². The third-order valence-corrected chi connectivity index (χ3v) is 13.4. The molecule has 0 spiro atoms. The van der Waals surface area contributed by atoms with Crippen LogP contribution in [-0.2, 0) is 5.41 Å². The zero-order chi connectivity index (χ0) is 42.2. The number of nitrogens with zero attached hydrogens (tertiary/aromatic N) is 1. The molecule has 3 N–H and O–H groups in total. The van der Waals surface area contributed by atoms with E-state index in [9.17, 15) is 5.41 Å². The van der Waals surface area contributed by atoms with Gasteiger partial charge >= 0.3 is 0 Å². The number of aromatic nitrogens is 1. The molecule has 0 saturated carbocycles. The Morgan fingerprint density at radius 2 is 1.14 bits per heavy atom. The number of rotatable bonds is 6. The first-order chi connectivity index (χ1) is 30.9. The zero-order valence-electron chi connectivity index (χ0n) is 35.2. The molecular weight excluding hydrogens is 765 g/mol. The maximum absolute atomic E-state index is 9.39. The third-order valence-electron chi connectivity index (χ3n) is 13.4. The van der Waals surface area contributed by atoms with E-state index in [4.69, 9.17) is 0 Å². The van der Waals surface area contributed by atoms with Gasteiger partial charge in [0, 0.05) is 39.2 Å². The number of benzene rings is 9. The van der Waals surface area contributed by atoms with E-state index in [2.05, 4.69) is 211 Å². The van der Waals surface area contributed by atoms with Gasteiger partial charge in [-0.1, -0.05) is 184 Å². The van der Waals surface area contributed by atoms with Crippen LogP contribution in [0.3, 0.4) is 0 Å². The van der Waals surface area contributed by atoms with Crippen LogP contribution < -0.4 is 10.6 Å². The fraction of sp³-hybridized carbons (Fsp3) is 0.0678. The Labute approximate surface area is 367 Å². The van der Waals surface area contributed by atoms with Crippen LogP contribution in [0.4, 0.5) is 0 Å². The molecule has 1 atom stereocenters. The van der Waals surface area contributed by atoms with Crippen LogP contribution >= 0.6 is 0 Å². The number of amidine groups is 1. The molecule has 10 aromatic rings. The number of hydrogen-bond donors (Lipinski definition) is 3. The van der Waals surface area contributed by atoms with Gasteiger partial charge < -0.3 is 15.2 Å². The molecule has 0 amide bonds. The Hall–Kier alpha value is -7.95. The topological polar surface area (TPSA) is 52.8 Å². The van der Waals surface area contributed by atoms with Gasteiger partial charge in [0.1, 0.15) is 12.0 Å². The largest absolute Gasteiger partial charge is 0.367 e. The van der Waals surface area contributed by atoms with Crippen molar-refractivity contribution >= 4 is 60.3 Å². The Balaban J connectivity index is 0.949. The first-order valence-corrected chi connectivity index (χ1v) is 21.8. The van der Waals surface area contributed by atoms with Gasteiger partial charge in [-0.05, 0) is 102 Å². The predicted molar refractivity (Wildman–Crippen MR) is 265 cm³/mol. The van der Waals surface area contributed by atoms with Gasteiger partial charge in [0.15, 0.2) is 0 Å². The van der Waals surface area contributed by atoms with E-state index in [0.29, 0.717) is 5.84 Å². The summed E-state index contributed by atoms with van der Waals surface area (Å²) in [4.78, 5) is 0. The summed E-state index contributed by atoms with van der Waals surface area (Å²) >= 11 is 0. The molecule has 1 unspecified atom stereocenters. The molecule has 4 heteroatoms. The van der Waals surface area contributed by atoms with E-state index in [0.717, 1.165) is 44.7 Å². The van der Waals surface area contributed by atoms with Gasteiger partial charge in [-0.25, -0.2) is 0 Å². The van der Waals surface area contributed by atoms with Gasteiger partial charge in [-0.3, -0.25) is 5.41 Å². The summed E-state index contributed by atoms with van der Waals surface area (Å²) in [7, 11) is 0. The van der Waals surface area contributed by atoms with Gasteiger partial charge in [0.2, 0.25) is 0 Å². The van der Waals surface area contributed by atoms with Crippen LogP contribution in [0.5, 0.6) is 0 Å². The molecule has 4 nitrogen and oxygen atoms in total. The lowest BCUT2D eigenvalue weighted by atomic mass is 9.78. The highest BCUT2D eigenvalue weighted by Crippen LogP contribution is 2.57. The van der Waals surface area contributed by atoms with Crippen molar-refractivity contribution in [2.45, 2.75) is 25.4 Å². The van der Waals surface area contributed by atoms with Crippen molar-refractivity contribution in [1.82, 2.24) is 15.2 Å². The van der Waals surface area contributed by atoms with Crippen molar-refractivity contribution in [1.29, 1.82) is 5.41 Å². The lowest BCUT2D eigenvalue weighted by molar-refractivity contribution is 0.670. The van der Waals surface area contributed by atoms with Crippen molar-refractivity contribution in [2.75, 3.05) is 0 Å². The summed E-state index contributed by atoms with van der Waals surface area (Å²) in [6.45, 7) is 4.84. The summed E-state index contributed by atoms with van der Waals surface area (Å²) < 4.78 is 2.50. The maximum Gasteiger partial charge on any atom is 0.127 e. The number of allylic oxidation sites excluding steroid dienone is 2. The fourth-order valence-corrected chi connectivity index (χ4v) is 10.6. The van der Waals surface area contributed by atoms with Crippen LogP contribution in [0.25, 0.3) is 82.4 Å². The highest BCUT2D eigenvalue weighted by Gasteiger charge is 2.41. The SMILES string of the molecule is CC1(C)c2c(c3ccccc3c3ccccc23)-c2ccc3c4ccccc4n(-c4cccc(-c5cccc(C(=N)NC6NC=C(c7ccccc7)C=C6c6ccccc6)c5)c4)c3c21. The molecule has 63 heavy (non-hydrogen) atoms. The molecule has 2 heterocycles. The monoisotopic (exact) mass is 808 g/mol. The van der Waals surface area contributed by atoms with E-state index in [1.165, 1.54) is 65.6 Å². The minimum Gasteiger partial charge on any atom is -0.367 e. The fourth-order valence-electron chi connectivity index (χ4n) is 10.6. The Morgan fingerprint density at radius 1 is 0.540 bits per heavy atom. The lowest BCUT2D eigenvalue weighted by Gasteiger charge is -2.28. The molecule has 0 radical (unpaired) electrons. The van der Waals surface area contributed by atoms with Crippen LogP contribution in [0.1, 0.15) is 41.7 Å². The van der Waals surface area contributed by atoms with E-state index in [-0.39, 0.29) is 11.6 Å². The molecule has 1 aromatic heterocycles. The summed E-state index contributed by atoms with van der Waals surface area (Å²) in [5, 5.41) is 24.2. The molecule has 12 rings (SSSR count). The average molecular weight is 809 g/mol. The first-order valence-electron chi connectivity index (χ1n) is 21.8. The molecule has 0 fully saturated rings. The predicted octanol–water partition coefficient (Wildman–Crippen LogP) is 14.0. The van der Waals surface area contributed by atoms with Crippen LogP contribution in [0.2, 0.25) is 0 Å². The second-order valence-corrected chi connectivity index (χ2v) is 17.4. The van der Waals surface area contributed by atoms with Gasteiger partial charge in [0.25, 0.3) is 0 Å². The summed E-state index contributed by atoms with van der Waals surface area (Å²) in [6, 6.07) is 69.6. The molecule has 1 aliphatic carbocycles. The van der Waals surface area contributed by atoms with Crippen molar-refractivity contribution in [2.24, 2.45) is 0 Å². The minimum absolute atomic E-state index is 0.277. The second-order valence-electron chi connectivity index (χ2n) is 17.4. The lowest BCUT2D eigenvalue weighted by Crippen LogP contribution is -2.45. The number of hydrogen-bond acceptors (Lipinski definition) is 2. The van der Waals surface area contributed by atoms with E-state index in [1.807, 2.05) is 24.4 Å². The Bertz CT molecular complexity index is 3550. The van der Waals surface area contributed by atoms with Crippen molar-refractivity contribution in [3.8, 4) is 27.9 Å². The van der Waals surface area contributed by atoms with Crippen LogP contribution in [0.15, 0.2) is 206 Å². The second kappa shape index (κ2) is 14.3. The van der Waals surface area contributed by atoms with E-state index in [1.54, 1.807) is 0 Å². The summed E-state index contributed by atoms with van der Waals surface area (Å²) in [5.74, 6) is 0.351. The number of nitrogens with one attached hydrogen (secondary N) is 3. The molecule has 0 saturated heterocycles. The van der Waals surface area contributed by atoms with E-state index < -0.39 is 0 Å². The maximum atomic E-state index is 9.39. The quantitative estimate of drug-likeness (QED) is 0.0890. The Kier molecular flexibility index (Phi) is 8.38. The summed E-state index contributed by atoms with van der Waals surface area (Å²) in [5.41, 5.74) is 16.1. The zero-order valence-corrected chi connectivity index (χ0v) is 35.2. The highest BCUT2D eigenvalue weighted by atomic mass is 15.1. The summed E-state index contributed by atoms with van der Waals surface area (Å²) in [6.07, 6.45) is 3.98. The highest BCUT2D eigenvalue weighted by molar-refractivity contribution is 6.21. The number of dihydropyridines is 1. The van der Waals surface area contributed by atoms with Gasteiger partial charge in [-0.2, -0.15) is 0 Å². The van der Waals surface area contributed by atoms with Crippen molar-refractivity contribution in [3.05, 3.63) is 234 Å². The number of para-hydroxylation sites is 1. The average Bonchev–Trinajstić information content (AvgIpc) is 3.81. The Morgan fingerprint density at radius 3 is 1.90 bits per heavy atom. The normalized spacial score (nSPS) is 15.2. The third kappa shape index (κ3) is 5.79. The molecule has 0 bridgehead atoms. The van der Waals surface area contributed by atoms with Crippen LogP contribution in [-0.4, -0.2) is 16.6 Å². The molecule has 2 aliphatic rings. The van der Waals surface area contributed by atoms with Crippen molar-refractivity contribution < 1.29 is 0 Å². The molecule has 1 aliphatic heterocycles. The van der Waals surface area contributed by atoms with Gasteiger partial charge in [-0.15, -0.1) is 0 Å². The van der Waals surface area contributed by atoms with Gasteiger partial charge in [0.05, 0.1) is 11.0 Å². The molecule has 300 valence electrons. The first kappa shape index (κ1) is 36.9. The van der Waals surface area contributed by atoms with E-state index >= 15 is 0 Å². The molecular formula is C59H44N4. The standard InChI is InChI=1S/C59H44N4/c1-59(2)54-48-29-12-10-26-45(48)44-25-9-11-28-47(44)53(54)50-32-31-49-46-27-13-14-30-52(46)63(56(49)55(50)59)43-24-16-22-40(34-43)39-21-15-23-41(33-39)57(60)62-58-51(38-19-7-4-8-20-38)35-42(36-61-58)37-17-5-3-6-18-37/h3-36,58,61H,1-2H3,(H2,60,62). The van der Waals surface area contributed by atoms with Crippen molar-refractivity contribution in [3.63, 3.8) is 0 Å². The smallest absolute Gasteiger partial charge is 0.127 e.